The van der Waals surface area contributed by atoms with Crippen LogP contribution in [0.3, 0.4) is 0 Å². The predicted molar refractivity (Wildman–Crippen MR) is 113 cm³/mol. The van der Waals surface area contributed by atoms with E-state index in [-0.39, 0.29) is 18.4 Å². The van der Waals surface area contributed by atoms with Crippen LogP contribution in [0, 0.1) is 19.8 Å². The molecule has 1 saturated heterocycles. The Morgan fingerprint density at radius 2 is 1.71 bits per heavy atom. The summed E-state index contributed by atoms with van der Waals surface area (Å²) in [4.78, 5) is 28.6. The van der Waals surface area contributed by atoms with Crippen molar-refractivity contribution in [2.75, 3.05) is 24.5 Å². The molecular formula is C24H30N2O2. The predicted octanol–water partition coefficient (Wildman–Crippen LogP) is 4.14. The quantitative estimate of drug-likeness (QED) is 0.785. The highest BCUT2D eigenvalue weighted by atomic mass is 16.2. The van der Waals surface area contributed by atoms with E-state index in [1.165, 1.54) is 12.5 Å². The van der Waals surface area contributed by atoms with Crippen LogP contribution in [0.2, 0.25) is 0 Å². The number of piperidine rings is 1. The van der Waals surface area contributed by atoms with Crippen molar-refractivity contribution >= 4 is 17.5 Å². The van der Waals surface area contributed by atoms with E-state index in [1.807, 2.05) is 43.0 Å². The summed E-state index contributed by atoms with van der Waals surface area (Å²) in [6, 6.07) is 16.5. The molecule has 0 unspecified atom stereocenters. The number of carbonyl (C=O) groups excluding carboxylic acids is 2. The number of hydrogen-bond acceptors (Lipinski definition) is 2. The zero-order valence-corrected chi connectivity index (χ0v) is 17.1. The zero-order chi connectivity index (χ0) is 20.1. The topological polar surface area (TPSA) is 40.6 Å². The molecule has 2 amide bonds. The van der Waals surface area contributed by atoms with Crippen molar-refractivity contribution in [2.24, 2.45) is 5.92 Å². The van der Waals surface area contributed by atoms with Crippen LogP contribution in [0.5, 0.6) is 0 Å². The summed E-state index contributed by atoms with van der Waals surface area (Å²) in [5.74, 6) is 0.558. The van der Waals surface area contributed by atoms with Crippen molar-refractivity contribution in [3.05, 3.63) is 65.2 Å². The van der Waals surface area contributed by atoms with Crippen molar-refractivity contribution in [3.8, 4) is 0 Å². The minimum atomic E-state index is -0.0979. The molecule has 4 heteroatoms. The van der Waals surface area contributed by atoms with E-state index < -0.39 is 0 Å². The maximum absolute atomic E-state index is 12.9. The molecule has 3 rings (SSSR count). The molecule has 0 radical (unpaired) electrons. The van der Waals surface area contributed by atoms with E-state index in [9.17, 15) is 9.59 Å². The number of rotatable bonds is 5. The van der Waals surface area contributed by atoms with E-state index in [0.29, 0.717) is 5.92 Å². The number of hydrogen-bond donors (Lipinski definition) is 0. The lowest BCUT2D eigenvalue weighted by Gasteiger charge is -2.34. The van der Waals surface area contributed by atoms with Gasteiger partial charge < -0.3 is 9.80 Å². The molecule has 1 fully saturated rings. The van der Waals surface area contributed by atoms with Crippen LogP contribution in [0.4, 0.5) is 5.69 Å². The second kappa shape index (κ2) is 9.05. The monoisotopic (exact) mass is 378 g/mol. The van der Waals surface area contributed by atoms with Gasteiger partial charge in [-0.15, -0.1) is 0 Å². The first kappa shape index (κ1) is 20.1. The maximum Gasteiger partial charge on any atom is 0.242 e. The highest BCUT2D eigenvalue weighted by Gasteiger charge is 2.26. The molecule has 2 aromatic rings. The minimum absolute atomic E-state index is 0.0355. The van der Waals surface area contributed by atoms with Gasteiger partial charge in [-0.25, -0.2) is 0 Å². The van der Waals surface area contributed by atoms with Gasteiger partial charge >= 0.3 is 0 Å². The maximum atomic E-state index is 12.9. The Morgan fingerprint density at radius 1 is 1.04 bits per heavy atom. The van der Waals surface area contributed by atoms with Crippen LogP contribution in [0.1, 0.15) is 36.5 Å². The van der Waals surface area contributed by atoms with Crippen molar-refractivity contribution < 1.29 is 9.59 Å². The summed E-state index contributed by atoms with van der Waals surface area (Å²) in [6.07, 6.45) is 3.11. The molecule has 1 aliphatic heterocycles. The average molecular weight is 379 g/mol. The first-order chi connectivity index (χ1) is 13.4. The van der Waals surface area contributed by atoms with E-state index in [1.54, 1.807) is 4.90 Å². The molecule has 1 heterocycles. The van der Waals surface area contributed by atoms with Gasteiger partial charge in [0.1, 0.15) is 6.54 Å². The highest BCUT2D eigenvalue weighted by Crippen LogP contribution is 2.24. The summed E-state index contributed by atoms with van der Waals surface area (Å²) >= 11 is 0. The molecule has 0 bridgehead atoms. The minimum Gasteiger partial charge on any atom is -0.341 e. The summed E-state index contributed by atoms with van der Waals surface area (Å²) in [5.41, 5.74) is 4.36. The fourth-order valence-corrected chi connectivity index (χ4v) is 4.04. The second-order valence-corrected chi connectivity index (χ2v) is 7.91. The van der Waals surface area contributed by atoms with Gasteiger partial charge in [0, 0.05) is 25.7 Å². The van der Waals surface area contributed by atoms with Crippen molar-refractivity contribution in [1.29, 1.82) is 0 Å². The van der Waals surface area contributed by atoms with E-state index in [0.717, 1.165) is 49.2 Å². The van der Waals surface area contributed by atoms with Gasteiger partial charge in [-0.3, -0.25) is 9.59 Å². The third kappa shape index (κ3) is 5.00. The molecule has 0 N–H and O–H groups in total. The first-order valence-electron chi connectivity index (χ1n) is 10.1. The Kier molecular flexibility index (Phi) is 6.50. The molecule has 1 aliphatic rings. The van der Waals surface area contributed by atoms with Crippen LogP contribution in [-0.2, 0) is 16.0 Å². The van der Waals surface area contributed by atoms with E-state index in [4.69, 9.17) is 0 Å². The summed E-state index contributed by atoms with van der Waals surface area (Å²) in [6.45, 7) is 7.20. The third-order valence-corrected chi connectivity index (χ3v) is 5.65. The van der Waals surface area contributed by atoms with Gasteiger partial charge in [-0.1, -0.05) is 48.0 Å². The van der Waals surface area contributed by atoms with Crippen molar-refractivity contribution in [3.63, 3.8) is 0 Å². The van der Waals surface area contributed by atoms with Crippen LogP contribution in [-0.4, -0.2) is 36.3 Å². The molecule has 0 saturated carbocycles. The van der Waals surface area contributed by atoms with Crippen LogP contribution < -0.4 is 4.90 Å². The molecule has 2 aromatic carbocycles. The van der Waals surface area contributed by atoms with Gasteiger partial charge in [0.2, 0.25) is 11.8 Å². The summed E-state index contributed by atoms with van der Waals surface area (Å²) in [5, 5.41) is 0. The fraction of sp³-hybridized carbons (Fsp3) is 0.417. The molecule has 0 aromatic heterocycles. The Hall–Kier alpha value is -2.62. The molecule has 148 valence electrons. The molecule has 0 spiro atoms. The number of carbonyl (C=O) groups is 2. The standard InChI is InChI=1S/C24H30N2O2/c1-18-9-10-23(19(2)15-18)26(20(3)27)17-24(28)25-13-11-22(12-14-25)16-21-7-5-4-6-8-21/h4-10,15,22H,11-14,16-17H2,1-3H3. The lowest BCUT2D eigenvalue weighted by molar-refractivity contribution is -0.132. The summed E-state index contributed by atoms with van der Waals surface area (Å²) in [7, 11) is 0. The second-order valence-electron chi connectivity index (χ2n) is 7.91. The average Bonchev–Trinajstić information content (AvgIpc) is 2.68. The number of benzene rings is 2. The molecule has 0 atom stereocenters. The number of likely N-dealkylation sites (tertiary alicyclic amines) is 1. The third-order valence-electron chi connectivity index (χ3n) is 5.65. The number of aryl methyl sites for hydroxylation is 2. The molecule has 28 heavy (non-hydrogen) atoms. The highest BCUT2D eigenvalue weighted by molar-refractivity contribution is 5.98. The fourth-order valence-electron chi connectivity index (χ4n) is 4.04. The number of anilines is 1. The first-order valence-corrected chi connectivity index (χ1v) is 10.1. The number of nitrogens with zero attached hydrogens (tertiary/aromatic N) is 2. The Morgan fingerprint density at radius 3 is 2.32 bits per heavy atom. The largest absolute Gasteiger partial charge is 0.341 e. The normalized spacial score (nSPS) is 14.8. The van der Waals surface area contributed by atoms with Gasteiger partial charge in [0.25, 0.3) is 0 Å². The van der Waals surface area contributed by atoms with Crippen LogP contribution >= 0.6 is 0 Å². The Bertz CT molecular complexity index is 824. The van der Waals surface area contributed by atoms with Crippen molar-refractivity contribution in [2.45, 2.75) is 40.0 Å². The zero-order valence-electron chi connectivity index (χ0n) is 17.1. The summed E-state index contributed by atoms with van der Waals surface area (Å²) < 4.78 is 0. The molecular weight excluding hydrogens is 348 g/mol. The van der Waals surface area contributed by atoms with E-state index in [2.05, 4.69) is 24.3 Å². The molecule has 0 aliphatic carbocycles. The van der Waals surface area contributed by atoms with E-state index >= 15 is 0 Å². The van der Waals surface area contributed by atoms with Gasteiger partial charge in [0.15, 0.2) is 0 Å². The smallest absolute Gasteiger partial charge is 0.242 e. The lowest BCUT2D eigenvalue weighted by atomic mass is 9.90. The van der Waals surface area contributed by atoms with Crippen molar-refractivity contribution in [1.82, 2.24) is 4.90 Å². The van der Waals surface area contributed by atoms with Gasteiger partial charge in [-0.05, 0) is 56.2 Å². The van der Waals surface area contributed by atoms with Crippen LogP contribution in [0.25, 0.3) is 0 Å². The Balaban J connectivity index is 1.58. The van der Waals surface area contributed by atoms with Gasteiger partial charge in [0.05, 0.1) is 0 Å². The Labute approximate surface area is 168 Å². The molecule has 4 nitrogen and oxygen atoms in total. The van der Waals surface area contributed by atoms with Gasteiger partial charge in [-0.2, -0.15) is 0 Å². The number of amides is 2. The lowest BCUT2D eigenvalue weighted by Crippen LogP contribution is -2.45. The van der Waals surface area contributed by atoms with Crippen LogP contribution in [0.15, 0.2) is 48.5 Å². The SMILES string of the molecule is CC(=O)N(CC(=O)N1CCC(Cc2ccccc2)CC1)c1ccc(C)cc1C.